The first-order chi connectivity index (χ1) is 16.0. The van der Waals surface area contributed by atoms with Gasteiger partial charge in [-0.1, -0.05) is 11.8 Å². The van der Waals surface area contributed by atoms with Gasteiger partial charge in [0.1, 0.15) is 23.2 Å². The van der Waals surface area contributed by atoms with Crippen LogP contribution in [0, 0.1) is 17.2 Å². The maximum Gasteiger partial charge on any atom is 0.234 e. The summed E-state index contributed by atoms with van der Waals surface area (Å²) in [4.78, 5) is 30.0. The highest BCUT2D eigenvalue weighted by Crippen LogP contribution is 2.44. The smallest absolute Gasteiger partial charge is 0.234 e. The van der Waals surface area contributed by atoms with Crippen molar-refractivity contribution in [2.75, 3.05) is 25.3 Å². The van der Waals surface area contributed by atoms with Gasteiger partial charge in [-0.3, -0.25) is 9.59 Å². The van der Waals surface area contributed by atoms with E-state index in [1.165, 1.54) is 25.1 Å². The molecule has 8 nitrogen and oxygen atoms in total. The summed E-state index contributed by atoms with van der Waals surface area (Å²) in [5, 5.41) is 13.3. The highest BCUT2D eigenvalue weighted by molar-refractivity contribution is 8.14. The van der Waals surface area contributed by atoms with E-state index >= 15 is 0 Å². The van der Waals surface area contributed by atoms with Gasteiger partial charge in [0.2, 0.25) is 5.91 Å². The predicted octanol–water partition coefficient (Wildman–Crippen LogP) is 4.31. The molecule has 1 aromatic carbocycles. The lowest BCUT2D eigenvalue weighted by Crippen LogP contribution is -2.31. The third-order valence-electron chi connectivity index (χ3n) is 5.61. The second-order valence-corrected chi connectivity index (χ2v) is 8.59. The number of Topliss-reactive ketones (excluding diaryl/α,β-unsaturated/α-hetero) is 1. The van der Waals surface area contributed by atoms with Crippen molar-refractivity contribution in [2.45, 2.75) is 25.2 Å². The third kappa shape index (κ3) is 4.66. The topological polar surface area (TPSA) is 114 Å². The summed E-state index contributed by atoms with van der Waals surface area (Å²) in [7, 11) is 3.07. The fourth-order valence-corrected chi connectivity index (χ4v) is 4.98. The molecule has 9 heteroatoms. The fourth-order valence-electron chi connectivity index (χ4n) is 4.08. The highest BCUT2D eigenvalue weighted by Gasteiger charge is 2.42. The van der Waals surface area contributed by atoms with Crippen molar-refractivity contribution in [1.82, 2.24) is 0 Å². The van der Waals surface area contributed by atoms with Crippen LogP contribution in [0.1, 0.15) is 30.9 Å². The number of nitriles is 1. The zero-order valence-corrected chi connectivity index (χ0v) is 19.1. The van der Waals surface area contributed by atoms with Crippen molar-refractivity contribution in [3.63, 3.8) is 0 Å². The molecule has 2 atom stereocenters. The van der Waals surface area contributed by atoms with Gasteiger partial charge >= 0.3 is 0 Å². The molecule has 2 aliphatic rings. The minimum absolute atomic E-state index is 0.00930. The predicted molar refractivity (Wildman–Crippen MR) is 125 cm³/mol. The maximum atomic E-state index is 12.7. The number of carbonyl (C=O) groups excluding carboxylic acids is 2. The van der Waals surface area contributed by atoms with E-state index in [1.54, 1.807) is 37.4 Å². The van der Waals surface area contributed by atoms with Gasteiger partial charge in [0.15, 0.2) is 5.78 Å². The largest absolute Gasteiger partial charge is 0.497 e. The molecule has 2 unspecified atom stereocenters. The molecule has 2 aromatic rings. The number of ether oxygens (including phenoxy) is 2. The van der Waals surface area contributed by atoms with Gasteiger partial charge in [-0.15, -0.1) is 0 Å². The summed E-state index contributed by atoms with van der Waals surface area (Å²) < 4.78 is 16.1. The zero-order chi connectivity index (χ0) is 23.4. The Morgan fingerprint density at radius 3 is 2.85 bits per heavy atom. The number of nitrogens with one attached hydrogen (secondary N) is 1. The number of aliphatic imine (C=N–C) groups is 1. The van der Waals surface area contributed by atoms with Crippen LogP contribution in [0.3, 0.4) is 0 Å². The van der Waals surface area contributed by atoms with E-state index in [9.17, 15) is 14.9 Å². The lowest BCUT2D eigenvalue weighted by Gasteiger charge is -2.31. The normalized spacial score (nSPS) is 19.9. The van der Waals surface area contributed by atoms with Gasteiger partial charge in [0.05, 0.1) is 49.0 Å². The van der Waals surface area contributed by atoms with Crippen molar-refractivity contribution in [2.24, 2.45) is 10.9 Å². The van der Waals surface area contributed by atoms with Crippen LogP contribution in [0.5, 0.6) is 11.5 Å². The van der Waals surface area contributed by atoms with Gasteiger partial charge in [-0.05, 0) is 37.1 Å². The van der Waals surface area contributed by atoms with E-state index < -0.39 is 11.8 Å². The number of allylic oxidation sites excluding steroid dienone is 2. The number of anilines is 1. The van der Waals surface area contributed by atoms with Gasteiger partial charge in [-0.25, -0.2) is 4.99 Å². The summed E-state index contributed by atoms with van der Waals surface area (Å²) in [6, 6.07) is 10.9. The first-order valence-corrected chi connectivity index (χ1v) is 11.5. The molecule has 2 heterocycles. The van der Waals surface area contributed by atoms with E-state index in [0.29, 0.717) is 52.1 Å². The molecule has 1 aliphatic carbocycles. The van der Waals surface area contributed by atoms with Gasteiger partial charge in [-0.2, -0.15) is 5.26 Å². The molecular weight excluding hydrogens is 442 g/mol. The Morgan fingerprint density at radius 2 is 2.15 bits per heavy atom. The molecule has 0 radical (unpaired) electrons. The van der Waals surface area contributed by atoms with Gasteiger partial charge in [0, 0.05) is 23.8 Å². The van der Waals surface area contributed by atoms with Crippen molar-refractivity contribution in [1.29, 1.82) is 5.26 Å². The van der Waals surface area contributed by atoms with E-state index in [1.807, 2.05) is 0 Å². The van der Waals surface area contributed by atoms with Crippen LogP contribution in [0.4, 0.5) is 5.69 Å². The zero-order valence-electron chi connectivity index (χ0n) is 18.3. The van der Waals surface area contributed by atoms with E-state index in [0.717, 1.165) is 6.42 Å². The monoisotopic (exact) mass is 465 g/mol. The summed E-state index contributed by atoms with van der Waals surface area (Å²) in [5.74, 6) is 0.224. The summed E-state index contributed by atoms with van der Waals surface area (Å²) in [6.07, 6.45) is 3.36. The van der Waals surface area contributed by atoms with Crippen LogP contribution in [0.15, 0.2) is 57.3 Å². The molecular formula is C24H23N3O5S. The highest BCUT2D eigenvalue weighted by atomic mass is 32.2. The number of rotatable bonds is 6. The molecule has 170 valence electrons. The Balaban J connectivity index is 1.54. The van der Waals surface area contributed by atoms with Crippen LogP contribution in [0.25, 0.3) is 0 Å². The molecule has 0 fully saturated rings. The number of benzene rings is 1. The summed E-state index contributed by atoms with van der Waals surface area (Å²) >= 11 is 1.20. The number of furan rings is 1. The minimum atomic E-state index is -0.703. The van der Waals surface area contributed by atoms with Crippen molar-refractivity contribution in [3.8, 4) is 17.6 Å². The maximum absolute atomic E-state index is 12.7. The molecule has 33 heavy (non-hydrogen) atoms. The number of methoxy groups -OCH3 is 2. The number of ketones is 1. The summed E-state index contributed by atoms with van der Waals surface area (Å²) in [6.45, 7) is 0. The van der Waals surface area contributed by atoms with Crippen molar-refractivity contribution in [3.05, 3.63) is 53.6 Å². The molecule has 0 bridgehead atoms. The number of hydrogen-bond donors (Lipinski definition) is 1. The van der Waals surface area contributed by atoms with E-state index in [2.05, 4.69) is 16.4 Å². The minimum Gasteiger partial charge on any atom is -0.497 e. The van der Waals surface area contributed by atoms with Crippen LogP contribution in [0.2, 0.25) is 0 Å². The number of carbonyl (C=O) groups is 2. The van der Waals surface area contributed by atoms with Crippen molar-refractivity contribution < 1.29 is 23.5 Å². The number of nitrogens with zero attached hydrogens (tertiary/aromatic N) is 2. The Kier molecular flexibility index (Phi) is 6.84. The van der Waals surface area contributed by atoms with Crippen LogP contribution < -0.4 is 14.8 Å². The van der Waals surface area contributed by atoms with E-state index in [4.69, 9.17) is 13.9 Å². The molecule has 4 rings (SSSR count). The second kappa shape index (κ2) is 9.96. The average molecular weight is 466 g/mol. The molecule has 1 aliphatic heterocycles. The molecule has 1 N–H and O–H groups in total. The molecule has 1 aromatic heterocycles. The Bertz CT molecular complexity index is 1160. The van der Waals surface area contributed by atoms with Gasteiger partial charge < -0.3 is 19.2 Å². The van der Waals surface area contributed by atoms with E-state index in [-0.39, 0.29) is 17.4 Å². The number of thioether (sulfide) groups is 1. The molecule has 0 saturated heterocycles. The van der Waals surface area contributed by atoms with Gasteiger partial charge in [0.25, 0.3) is 0 Å². The lowest BCUT2D eigenvalue weighted by molar-refractivity contribution is -0.116. The lowest BCUT2D eigenvalue weighted by atomic mass is 9.76. The molecule has 1 amide bonds. The standard InChI is InChI=1S/C24H23N3O5S/c1-30-14-8-9-16(20(11-14)31-2)26-21(29)13-33-24-15(12-25)22(19-7-4-10-32-19)23-17(27-24)5-3-6-18(23)28/h4,7-11,15,22H,3,5-6,13H2,1-2H3,(H,26,29). The Labute approximate surface area is 195 Å². The van der Waals surface area contributed by atoms with Crippen LogP contribution in [-0.2, 0) is 9.59 Å². The quantitative estimate of drug-likeness (QED) is 0.676. The Hall–Kier alpha value is -3.51. The van der Waals surface area contributed by atoms with Crippen LogP contribution in [-0.4, -0.2) is 36.7 Å². The summed E-state index contributed by atoms with van der Waals surface area (Å²) in [5.41, 5.74) is 1.78. The first kappa shape index (κ1) is 22.7. The van der Waals surface area contributed by atoms with Crippen LogP contribution >= 0.6 is 11.8 Å². The number of hydrogen-bond acceptors (Lipinski definition) is 8. The average Bonchev–Trinajstić information content (AvgIpc) is 3.36. The van der Waals surface area contributed by atoms with Crippen molar-refractivity contribution >= 4 is 34.2 Å². The Morgan fingerprint density at radius 1 is 1.30 bits per heavy atom. The first-order valence-electron chi connectivity index (χ1n) is 10.5. The fraction of sp³-hybridized carbons (Fsp3) is 0.333. The second-order valence-electron chi connectivity index (χ2n) is 7.59. The third-order valence-corrected chi connectivity index (χ3v) is 6.65. The number of amides is 1. The SMILES string of the molecule is COc1ccc(NC(=O)CSC2=NC3=C(C(=O)CCC3)C(c3ccco3)C2C#N)c(OC)c1. The molecule has 0 spiro atoms. The molecule has 0 saturated carbocycles.